The molecule has 1 aliphatic rings. The summed E-state index contributed by atoms with van der Waals surface area (Å²) in [5.74, 6) is 1.43. The van der Waals surface area contributed by atoms with Gasteiger partial charge in [-0.15, -0.1) is 0 Å². The molecule has 1 aliphatic heterocycles. The number of allylic oxidation sites excluding steroid dienone is 2. The van der Waals surface area contributed by atoms with E-state index >= 15 is 0 Å². The van der Waals surface area contributed by atoms with Crippen molar-refractivity contribution in [2.75, 3.05) is 0 Å². The summed E-state index contributed by atoms with van der Waals surface area (Å²) < 4.78 is 6.33. The summed E-state index contributed by atoms with van der Waals surface area (Å²) in [6.45, 7) is 8.51. The van der Waals surface area contributed by atoms with Gasteiger partial charge < -0.3 is 4.74 Å². The highest BCUT2D eigenvalue weighted by atomic mass is 35.5. The maximum atomic E-state index is 6.83. The zero-order valence-corrected chi connectivity index (χ0v) is 16.3. The topological polar surface area (TPSA) is 9.23 Å². The Hall–Kier alpha value is -2.77. The van der Waals surface area contributed by atoms with Gasteiger partial charge in [0.15, 0.2) is 5.76 Å². The lowest BCUT2D eigenvalue weighted by Gasteiger charge is -2.19. The standard InChI is InChI=1S/C25H21ClO/c1-16-8-12-19(13-9-16)23-18(3)24(26)25(20-14-10-17(2)11-15-20)27-22-7-5-4-6-21(22)23/h4-15,23H,3H2,1-2H3/t23-/m1/s1. The molecule has 0 N–H and O–H groups in total. The summed E-state index contributed by atoms with van der Waals surface area (Å²) in [6.07, 6.45) is 0. The van der Waals surface area contributed by atoms with Crippen LogP contribution in [0.4, 0.5) is 0 Å². The fourth-order valence-electron chi connectivity index (χ4n) is 3.46. The number of halogens is 1. The van der Waals surface area contributed by atoms with Gasteiger partial charge in [-0.1, -0.05) is 96.0 Å². The molecule has 0 saturated carbocycles. The first kappa shape index (κ1) is 17.6. The molecule has 27 heavy (non-hydrogen) atoms. The third-order valence-electron chi connectivity index (χ3n) is 5.00. The molecule has 4 rings (SSSR count). The molecule has 3 aromatic rings. The van der Waals surface area contributed by atoms with E-state index in [4.69, 9.17) is 16.3 Å². The number of hydrogen-bond acceptors (Lipinski definition) is 1. The van der Waals surface area contributed by atoms with Crippen LogP contribution >= 0.6 is 11.6 Å². The lowest BCUT2D eigenvalue weighted by Crippen LogP contribution is -2.04. The maximum Gasteiger partial charge on any atom is 0.153 e. The first-order valence-corrected chi connectivity index (χ1v) is 9.41. The van der Waals surface area contributed by atoms with Crippen molar-refractivity contribution in [2.24, 2.45) is 0 Å². The highest BCUT2D eigenvalue weighted by Crippen LogP contribution is 2.46. The normalized spacial score (nSPS) is 16.6. The van der Waals surface area contributed by atoms with Crippen molar-refractivity contribution < 1.29 is 4.74 Å². The van der Waals surface area contributed by atoms with E-state index in [1.807, 2.05) is 30.3 Å². The molecule has 0 spiro atoms. The fourth-order valence-corrected chi connectivity index (χ4v) is 3.71. The smallest absolute Gasteiger partial charge is 0.153 e. The van der Waals surface area contributed by atoms with Gasteiger partial charge in [0.05, 0.1) is 5.03 Å². The van der Waals surface area contributed by atoms with Gasteiger partial charge in [0.1, 0.15) is 5.75 Å². The van der Waals surface area contributed by atoms with Crippen LogP contribution in [0.2, 0.25) is 0 Å². The number of aryl methyl sites for hydroxylation is 2. The summed E-state index contributed by atoms with van der Waals surface area (Å²) in [6, 6.07) is 24.8. The van der Waals surface area contributed by atoms with Crippen molar-refractivity contribution in [3.63, 3.8) is 0 Å². The van der Waals surface area contributed by atoms with Crippen molar-refractivity contribution in [1.82, 2.24) is 0 Å². The van der Waals surface area contributed by atoms with Crippen LogP contribution < -0.4 is 4.74 Å². The molecule has 0 amide bonds. The molecule has 0 bridgehead atoms. The van der Waals surface area contributed by atoms with Crippen LogP contribution in [-0.2, 0) is 0 Å². The zero-order valence-electron chi connectivity index (χ0n) is 15.5. The summed E-state index contributed by atoms with van der Waals surface area (Å²) in [5, 5.41) is 0.570. The van der Waals surface area contributed by atoms with Gasteiger partial charge in [-0.25, -0.2) is 0 Å². The minimum absolute atomic E-state index is 0.0442. The lowest BCUT2D eigenvalue weighted by atomic mass is 9.84. The summed E-state index contributed by atoms with van der Waals surface area (Å²) in [5.41, 5.74) is 6.45. The van der Waals surface area contributed by atoms with Crippen molar-refractivity contribution in [1.29, 1.82) is 0 Å². The van der Waals surface area contributed by atoms with Gasteiger partial charge in [0.25, 0.3) is 0 Å². The Morgan fingerprint density at radius 1 is 0.815 bits per heavy atom. The number of para-hydroxylation sites is 1. The van der Waals surface area contributed by atoms with Crippen molar-refractivity contribution >= 4 is 17.4 Å². The van der Waals surface area contributed by atoms with Crippen molar-refractivity contribution in [2.45, 2.75) is 19.8 Å². The van der Waals surface area contributed by atoms with E-state index in [2.05, 4.69) is 62.9 Å². The van der Waals surface area contributed by atoms with Gasteiger partial charge in [0, 0.05) is 17.0 Å². The van der Waals surface area contributed by atoms with Gasteiger partial charge in [-0.05, 0) is 31.1 Å². The molecule has 0 saturated heterocycles. The Labute approximate surface area is 165 Å². The summed E-state index contributed by atoms with van der Waals surface area (Å²) >= 11 is 6.83. The van der Waals surface area contributed by atoms with E-state index in [1.54, 1.807) is 0 Å². The minimum atomic E-state index is -0.0442. The summed E-state index contributed by atoms with van der Waals surface area (Å²) in [4.78, 5) is 0. The van der Waals surface area contributed by atoms with Crippen LogP contribution in [-0.4, -0.2) is 0 Å². The molecular formula is C25H21ClO. The molecule has 0 fully saturated rings. The van der Waals surface area contributed by atoms with Crippen LogP contribution in [0.1, 0.15) is 33.7 Å². The number of fused-ring (bicyclic) bond motifs is 1. The second-order valence-electron chi connectivity index (χ2n) is 7.02. The number of hydrogen-bond donors (Lipinski definition) is 0. The Morgan fingerprint density at radius 2 is 1.41 bits per heavy atom. The molecule has 0 aliphatic carbocycles. The molecule has 0 unspecified atom stereocenters. The Morgan fingerprint density at radius 3 is 2.07 bits per heavy atom. The highest BCUT2D eigenvalue weighted by molar-refractivity contribution is 6.35. The average Bonchev–Trinajstić information content (AvgIpc) is 2.79. The van der Waals surface area contributed by atoms with E-state index in [0.717, 1.165) is 28.0 Å². The van der Waals surface area contributed by atoms with E-state index in [-0.39, 0.29) is 5.92 Å². The molecule has 134 valence electrons. The number of rotatable bonds is 2. The van der Waals surface area contributed by atoms with Crippen LogP contribution in [0.25, 0.3) is 5.76 Å². The lowest BCUT2D eigenvalue weighted by molar-refractivity contribution is 0.510. The third-order valence-corrected chi connectivity index (χ3v) is 5.41. The fraction of sp³-hybridized carbons (Fsp3) is 0.120. The predicted octanol–water partition coefficient (Wildman–Crippen LogP) is 6.99. The molecule has 1 heterocycles. The van der Waals surface area contributed by atoms with E-state index in [0.29, 0.717) is 10.8 Å². The minimum Gasteiger partial charge on any atom is -0.455 e. The van der Waals surface area contributed by atoms with Crippen LogP contribution in [0.15, 0.2) is 90.0 Å². The van der Waals surface area contributed by atoms with Crippen LogP contribution in [0.5, 0.6) is 5.75 Å². The summed E-state index contributed by atoms with van der Waals surface area (Å²) in [7, 11) is 0. The number of benzene rings is 3. The average molecular weight is 373 g/mol. The zero-order chi connectivity index (χ0) is 19.0. The molecule has 1 nitrogen and oxygen atoms in total. The maximum absolute atomic E-state index is 6.83. The van der Waals surface area contributed by atoms with E-state index < -0.39 is 0 Å². The molecule has 1 atom stereocenters. The number of ether oxygens (including phenoxy) is 1. The van der Waals surface area contributed by atoms with Crippen LogP contribution in [0.3, 0.4) is 0 Å². The second-order valence-corrected chi connectivity index (χ2v) is 7.40. The van der Waals surface area contributed by atoms with Gasteiger partial charge in [-0.2, -0.15) is 0 Å². The Balaban J connectivity index is 1.90. The van der Waals surface area contributed by atoms with Gasteiger partial charge >= 0.3 is 0 Å². The first-order chi connectivity index (χ1) is 13.0. The largest absolute Gasteiger partial charge is 0.455 e. The monoisotopic (exact) mass is 372 g/mol. The van der Waals surface area contributed by atoms with Gasteiger partial charge in [-0.3, -0.25) is 0 Å². The van der Waals surface area contributed by atoms with Crippen molar-refractivity contribution in [3.05, 3.63) is 118 Å². The SMILES string of the molecule is C=C1C(Cl)=C(c2ccc(C)cc2)Oc2ccccc2[C@H]1c1ccc(C)cc1. The Kier molecular flexibility index (Phi) is 4.63. The molecule has 0 aromatic heterocycles. The van der Waals surface area contributed by atoms with Crippen molar-refractivity contribution in [3.8, 4) is 5.75 Å². The highest BCUT2D eigenvalue weighted by Gasteiger charge is 2.29. The molecule has 3 aromatic carbocycles. The molecule has 0 radical (unpaired) electrons. The first-order valence-electron chi connectivity index (χ1n) is 9.04. The van der Waals surface area contributed by atoms with Gasteiger partial charge in [0.2, 0.25) is 0 Å². The molecular weight excluding hydrogens is 352 g/mol. The van der Waals surface area contributed by atoms with E-state index in [1.165, 1.54) is 11.1 Å². The van der Waals surface area contributed by atoms with E-state index in [9.17, 15) is 0 Å². The molecule has 2 heteroatoms. The van der Waals surface area contributed by atoms with Crippen LogP contribution in [0, 0.1) is 13.8 Å². The Bertz CT molecular complexity index is 1030. The third kappa shape index (κ3) is 3.31. The quantitative estimate of drug-likeness (QED) is 0.471. The second kappa shape index (κ2) is 7.09. The predicted molar refractivity (Wildman–Crippen MR) is 113 cm³/mol.